The lowest BCUT2D eigenvalue weighted by Crippen LogP contribution is -2.36. The van der Waals surface area contributed by atoms with Crippen molar-refractivity contribution in [1.82, 2.24) is 4.90 Å². The first kappa shape index (κ1) is 19.7. The molecule has 0 saturated carbocycles. The first-order valence-corrected chi connectivity index (χ1v) is 9.71. The van der Waals surface area contributed by atoms with E-state index in [-0.39, 0.29) is 18.4 Å². The zero-order chi connectivity index (χ0) is 19.8. The highest BCUT2D eigenvalue weighted by atomic mass is 16.5. The second-order valence-electron chi connectivity index (χ2n) is 6.64. The van der Waals surface area contributed by atoms with Crippen molar-refractivity contribution in [3.8, 4) is 11.5 Å². The van der Waals surface area contributed by atoms with E-state index in [1.807, 2.05) is 17.9 Å². The molecule has 2 amide bonds. The van der Waals surface area contributed by atoms with Gasteiger partial charge in [0, 0.05) is 13.1 Å². The highest BCUT2D eigenvalue weighted by Gasteiger charge is 2.21. The molecule has 6 nitrogen and oxygen atoms in total. The minimum Gasteiger partial charge on any atom is -0.494 e. The summed E-state index contributed by atoms with van der Waals surface area (Å²) < 4.78 is 10.9. The van der Waals surface area contributed by atoms with Crippen molar-refractivity contribution in [1.29, 1.82) is 0 Å². The maximum absolute atomic E-state index is 12.8. The molecule has 3 rings (SSSR count). The van der Waals surface area contributed by atoms with Crippen LogP contribution >= 0.6 is 0 Å². The van der Waals surface area contributed by atoms with Gasteiger partial charge in [-0.2, -0.15) is 0 Å². The van der Waals surface area contributed by atoms with E-state index in [1.165, 1.54) is 0 Å². The van der Waals surface area contributed by atoms with Crippen LogP contribution in [0, 0.1) is 0 Å². The monoisotopic (exact) mass is 382 g/mol. The molecule has 1 N–H and O–H groups in total. The van der Waals surface area contributed by atoms with E-state index >= 15 is 0 Å². The van der Waals surface area contributed by atoms with E-state index in [9.17, 15) is 9.59 Å². The van der Waals surface area contributed by atoms with Crippen LogP contribution in [0.4, 0.5) is 5.69 Å². The molecule has 0 spiro atoms. The largest absolute Gasteiger partial charge is 0.494 e. The smallest absolute Gasteiger partial charge is 0.262 e. The normalized spacial score (nSPS) is 13.7. The number of hydrogen-bond acceptors (Lipinski definition) is 4. The number of rotatable bonds is 7. The molecule has 0 bridgehead atoms. The number of likely N-dealkylation sites (tertiary alicyclic amines) is 1. The first-order chi connectivity index (χ1) is 13.7. The van der Waals surface area contributed by atoms with Gasteiger partial charge in [0.15, 0.2) is 6.61 Å². The summed E-state index contributed by atoms with van der Waals surface area (Å²) in [6.07, 6.45) is 3.21. The van der Waals surface area contributed by atoms with Crippen molar-refractivity contribution in [2.45, 2.75) is 26.2 Å². The third-order valence-electron chi connectivity index (χ3n) is 4.58. The predicted octanol–water partition coefficient (Wildman–Crippen LogP) is 3.73. The molecule has 2 aromatic carbocycles. The van der Waals surface area contributed by atoms with Crippen LogP contribution in [0.2, 0.25) is 0 Å². The Morgan fingerprint density at radius 2 is 1.57 bits per heavy atom. The summed E-state index contributed by atoms with van der Waals surface area (Å²) in [4.78, 5) is 27.0. The van der Waals surface area contributed by atoms with E-state index < -0.39 is 0 Å². The Labute approximate surface area is 165 Å². The maximum Gasteiger partial charge on any atom is 0.262 e. The molecule has 1 aliphatic rings. The number of hydrogen-bond donors (Lipinski definition) is 1. The number of piperidine rings is 1. The van der Waals surface area contributed by atoms with Crippen LogP contribution in [-0.4, -0.2) is 43.0 Å². The Morgan fingerprint density at radius 1 is 0.929 bits per heavy atom. The van der Waals surface area contributed by atoms with E-state index in [0.717, 1.165) is 38.1 Å². The lowest BCUT2D eigenvalue weighted by molar-refractivity contribution is -0.118. The van der Waals surface area contributed by atoms with Crippen LogP contribution in [0.25, 0.3) is 0 Å². The third kappa shape index (κ3) is 5.25. The second-order valence-corrected chi connectivity index (χ2v) is 6.64. The Morgan fingerprint density at radius 3 is 2.25 bits per heavy atom. The molecule has 0 aromatic heterocycles. The molecule has 2 aromatic rings. The number of amides is 2. The number of carbonyl (C=O) groups excluding carboxylic acids is 2. The molecule has 28 heavy (non-hydrogen) atoms. The Balaban J connectivity index is 1.58. The molecule has 0 aliphatic carbocycles. The van der Waals surface area contributed by atoms with Crippen LogP contribution in [0.1, 0.15) is 36.5 Å². The van der Waals surface area contributed by atoms with Crippen LogP contribution < -0.4 is 14.8 Å². The van der Waals surface area contributed by atoms with Crippen molar-refractivity contribution < 1.29 is 19.1 Å². The summed E-state index contributed by atoms with van der Waals surface area (Å²) in [5.41, 5.74) is 1.03. The van der Waals surface area contributed by atoms with Crippen LogP contribution in [0.3, 0.4) is 0 Å². The van der Waals surface area contributed by atoms with Gasteiger partial charge in [-0.1, -0.05) is 12.1 Å². The lowest BCUT2D eigenvalue weighted by Gasteiger charge is -2.27. The van der Waals surface area contributed by atoms with Gasteiger partial charge < -0.3 is 19.7 Å². The number of nitrogens with zero attached hydrogens (tertiary/aromatic N) is 1. The van der Waals surface area contributed by atoms with Crippen molar-refractivity contribution in [3.05, 3.63) is 54.1 Å². The second kappa shape index (κ2) is 9.78. The molecule has 0 radical (unpaired) electrons. The highest BCUT2D eigenvalue weighted by Crippen LogP contribution is 2.21. The van der Waals surface area contributed by atoms with Crippen molar-refractivity contribution >= 4 is 17.5 Å². The fraction of sp³-hybridized carbons (Fsp3) is 0.364. The van der Waals surface area contributed by atoms with Crippen LogP contribution in [0.5, 0.6) is 11.5 Å². The number of para-hydroxylation sites is 1. The molecule has 1 aliphatic heterocycles. The number of anilines is 1. The fourth-order valence-electron chi connectivity index (χ4n) is 3.18. The molecule has 6 heteroatoms. The topological polar surface area (TPSA) is 67.9 Å². The van der Waals surface area contributed by atoms with Crippen LogP contribution in [0.15, 0.2) is 48.5 Å². The summed E-state index contributed by atoms with van der Waals surface area (Å²) in [6.45, 7) is 3.91. The fourth-order valence-corrected chi connectivity index (χ4v) is 3.18. The van der Waals surface area contributed by atoms with E-state index in [0.29, 0.717) is 23.6 Å². The molecule has 1 fully saturated rings. The number of carbonyl (C=O) groups is 2. The molecule has 148 valence electrons. The average Bonchev–Trinajstić information content (AvgIpc) is 2.74. The molecule has 1 heterocycles. The van der Waals surface area contributed by atoms with E-state index in [4.69, 9.17) is 9.47 Å². The minimum atomic E-state index is -0.312. The first-order valence-electron chi connectivity index (χ1n) is 9.71. The zero-order valence-corrected chi connectivity index (χ0v) is 16.1. The Bertz CT molecular complexity index is 798. The van der Waals surface area contributed by atoms with Gasteiger partial charge in [0.25, 0.3) is 11.8 Å². The van der Waals surface area contributed by atoms with Crippen molar-refractivity contribution in [2.24, 2.45) is 0 Å². The molecule has 1 saturated heterocycles. The van der Waals surface area contributed by atoms with E-state index in [1.54, 1.807) is 42.5 Å². The summed E-state index contributed by atoms with van der Waals surface area (Å²) in [7, 11) is 0. The van der Waals surface area contributed by atoms with Crippen molar-refractivity contribution in [3.63, 3.8) is 0 Å². The van der Waals surface area contributed by atoms with Gasteiger partial charge in [-0.3, -0.25) is 9.59 Å². The summed E-state index contributed by atoms with van der Waals surface area (Å²) in [5, 5.41) is 2.80. The number of nitrogens with one attached hydrogen (secondary N) is 1. The standard InChI is InChI=1S/C22H26N2O4/c1-2-27-17-10-12-18(13-11-17)28-16-21(25)23-20-9-5-4-8-19(20)22(26)24-14-6-3-7-15-24/h4-5,8-13H,2-3,6-7,14-16H2,1H3,(H,23,25). The van der Waals surface area contributed by atoms with Crippen LogP contribution in [-0.2, 0) is 4.79 Å². The Hall–Kier alpha value is -3.02. The minimum absolute atomic E-state index is 0.0389. The maximum atomic E-state index is 12.8. The average molecular weight is 382 g/mol. The number of ether oxygens (including phenoxy) is 2. The van der Waals surface area contributed by atoms with Gasteiger partial charge >= 0.3 is 0 Å². The van der Waals surface area contributed by atoms with Gasteiger partial charge in [-0.15, -0.1) is 0 Å². The molecule has 0 unspecified atom stereocenters. The highest BCUT2D eigenvalue weighted by molar-refractivity contribution is 6.04. The lowest BCUT2D eigenvalue weighted by atomic mass is 10.1. The predicted molar refractivity (Wildman–Crippen MR) is 108 cm³/mol. The zero-order valence-electron chi connectivity index (χ0n) is 16.1. The van der Waals surface area contributed by atoms with E-state index in [2.05, 4.69) is 5.32 Å². The van der Waals surface area contributed by atoms with Gasteiger partial charge in [-0.05, 0) is 62.6 Å². The van der Waals surface area contributed by atoms with Gasteiger partial charge in [0.2, 0.25) is 0 Å². The van der Waals surface area contributed by atoms with Crippen molar-refractivity contribution in [2.75, 3.05) is 31.6 Å². The number of benzene rings is 2. The molecular weight excluding hydrogens is 356 g/mol. The van der Waals surface area contributed by atoms with Gasteiger partial charge in [0.1, 0.15) is 11.5 Å². The third-order valence-corrected chi connectivity index (χ3v) is 4.58. The molecular formula is C22H26N2O4. The summed E-state index contributed by atoms with van der Waals surface area (Å²) in [6, 6.07) is 14.2. The quantitative estimate of drug-likeness (QED) is 0.792. The summed E-state index contributed by atoms with van der Waals surface area (Å²) in [5.74, 6) is 0.983. The molecule has 0 atom stereocenters. The van der Waals surface area contributed by atoms with Gasteiger partial charge in [-0.25, -0.2) is 0 Å². The van der Waals surface area contributed by atoms with Gasteiger partial charge in [0.05, 0.1) is 17.9 Å². The SMILES string of the molecule is CCOc1ccc(OCC(=O)Nc2ccccc2C(=O)N2CCCCC2)cc1. The summed E-state index contributed by atoms with van der Waals surface area (Å²) >= 11 is 0. The Kier molecular flexibility index (Phi) is 6.89.